The molecular weight excluding hydrogens is 590 g/mol. The highest BCUT2D eigenvalue weighted by Gasteiger charge is 2.44. The summed E-state index contributed by atoms with van der Waals surface area (Å²) in [5.74, 6) is -0.262. The van der Waals surface area contributed by atoms with E-state index in [0.29, 0.717) is 6.42 Å². The van der Waals surface area contributed by atoms with Crippen LogP contribution >= 0.6 is 0 Å². The summed E-state index contributed by atoms with van der Waals surface area (Å²) < 4.78 is 11.1. The molecule has 0 spiro atoms. The van der Waals surface area contributed by atoms with E-state index in [-0.39, 0.29) is 18.9 Å². The lowest BCUT2D eigenvalue weighted by molar-refractivity contribution is -0.303. The van der Waals surface area contributed by atoms with Gasteiger partial charge in [-0.1, -0.05) is 142 Å². The van der Waals surface area contributed by atoms with Crippen molar-refractivity contribution in [2.24, 2.45) is 0 Å². The predicted molar refractivity (Wildman–Crippen MR) is 181 cm³/mol. The summed E-state index contributed by atoms with van der Waals surface area (Å²) in [7, 11) is 0. The Kier molecular flexibility index (Phi) is 26.3. The fraction of sp³-hybridized carbons (Fsp3) is 0.972. The Balaban J connectivity index is 2.51. The van der Waals surface area contributed by atoms with E-state index in [1.54, 1.807) is 0 Å². The largest absolute Gasteiger partial charge is 0.394 e. The van der Waals surface area contributed by atoms with Crippen LogP contribution < -0.4 is 5.32 Å². The molecule has 0 saturated carbocycles. The minimum atomic E-state index is -1.60. The minimum Gasteiger partial charge on any atom is -0.394 e. The Hall–Kier alpha value is -0.850. The molecule has 0 unspecified atom stereocenters. The predicted octanol–water partition coefficient (Wildman–Crippen LogP) is 5.02. The minimum absolute atomic E-state index is 0.262. The second-order valence-corrected chi connectivity index (χ2v) is 13.5. The summed E-state index contributed by atoms with van der Waals surface area (Å²) >= 11 is 0. The molecule has 10 nitrogen and oxygen atoms in total. The number of rotatable bonds is 30. The van der Waals surface area contributed by atoms with Gasteiger partial charge in [0.2, 0.25) is 5.91 Å². The van der Waals surface area contributed by atoms with Crippen LogP contribution in [0.3, 0.4) is 0 Å². The number of aliphatic hydroxyl groups is 6. The first-order chi connectivity index (χ1) is 22.3. The van der Waals surface area contributed by atoms with Crippen molar-refractivity contribution in [3.63, 3.8) is 0 Å². The van der Waals surface area contributed by atoms with Crippen molar-refractivity contribution in [3.05, 3.63) is 0 Å². The van der Waals surface area contributed by atoms with Gasteiger partial charge in [0.05, 0.1) is 25.4 Å². The normalized spacial score (nSPS) is 23.7. The summed E-state index contributed by atoms with van der Waals surface area (Å²) in [6.07, 6.45) is 15.5. The van der Waals surface area contributed by atoms with Crippen LogP contribution in [0.4, 0.5) is 0 Å². The van der Waals surface area contributed by atoms with Gasteiger partial charge in [-0.2, -0.15) is 0 Å². The lowest BCUT2D eigenvalue weighted by Crippen LogP contribution is -2.60. The standard InChI is InChI=1S/C36H71NO9/c1-3-5-7-9-11-13-14-15-17-18-20-22-24-29(39)32(41)28(27-45-36-35(44)34(43)33(42)30(26-38)46-36)37-31(40)25-23-21-19-16-12-10-8-6-4-2/h28-30,32-36,38-39,41-44H,3-27H2,1-2H3,(H,37,40)/t28-,29+,30+,32-,33-,34-,35+,36-/m0/s1. The molecule has 0 aromatic carbocycles. The van der Waals surface area contributed by atoms with Crippen LogP contribution in [0.2, 0.25) is 0 Å². The molecule has 1 rings (SSSR count). The van der Waals surface area contributed by atoms with Crippen LogP contribution in [0.15, 0.2) is 0 Å². The van der Waals surface area contributed by atoms with Gasteiger partial charge in [-0.05, 0) is 12.8 Å². The molecule has 1 amide bonds. The number of hydrogen-bond acceptors (Lipinski definition) is 9. The molecular formula is C36H71NO9. The van der Waals surface area contributed by atoms with Gasteiger partial charge in [0, 0.05) is 6.42 Å². The third kappa shape index (κ3) is 19.2. The molecule has 1 aliphatic heterocycles. The first-order valence-electron chi connectivity index (χ1n) is 18.8. The molecule has 1 saturated heterocycles. The van der Waals surface area contributed by atoms with Crippen molar-refractivity contribution < 1.29 is 44.9 Å². The maximum Gasteiger partial charge on any atom is 0.220 e. The molecule has 274 valence electrons. The Labute approximate surface area is 279 Å². The molecule has 0 aromatic heterocycles. The summed E-state index contributed by atoms with van der Waals surface area (Å²) in [6.45, 7) is 3.54. The summed E-state index contributed by atoms with van der Waals surface area (Å²) in [4.78, 5) is 12.8. The van der Waals surface area contributed by atoms with Crippen LogP contribution in [0.1, 0.15) is 162 Å². The highest BCUT2D eigenvalue weighted by Crippen LogP contribution is 2.23. The topological polar surface area (TPSA) is 169 Å². The van der Waals surface area contributed by atoms with Crippen LogP contribution in [0.5, 0.6) is 0 Å². The Morgan fingerprint density at radius 2 is 1.13 bits per heavy atom. The van der Waals surface area contributed by atoms with Crippen molar-refractivity contribution in [1.29, 1.82) is 0 Å². The van der Waals surface area contributed by atoms with E-state index in [9.17, 15) is 35.4 Å². The second kappa shape index (κ2) is 28.0. The lowest BCUT2D eigenvalue weighted by Gasteiger charge is -2.40. The van der Waals surface area contributed by atoms with Crippen molar-refractivity contribution in [2.75, 3.05) is 13.2 Å². The third-order valence-corrected chi connectivity index (χ3v) is 9.30. The monoisotopic (exact) mass is 662 g/mol. The van der Waals surface area contributed by atoms with Crippen LogP contribution in [-0.4, -0.2) is 98.7 Å². The van der Waals surface area contributed by atoms with E-state index < -0.39 is 55.6 Å². The Morgan fingerprint density at radius 3 is 1.61 bits per heavy atom. The zero-order chi connectivity index (χ0) is 34.0. The van der Waals surface area contributed by atoms with Gasteiger partial charge >= 0.3 is 0 Å². The van der Waals surface area contributed by atoms with Gasteiger partial charge in [-0.25, -0.2) is 0 Å². The summed E-state index contributed by atoms with van der Waals surface area (Å²) in [5, 5.41) is 64.6. The smallest absolute Gasteiger partial charge is 0.220 e. The highest BCUT2D eigenvalue weighted by molar-refractivity contribution is 5.76. The molecule has 8 atom stereocenters. The molecule has 0 aromatic rings. The van der Waals surface area contributed by atoms with Gasteiger partial charge < -0.3 is 45.4 Å². The number of amides is 1. The lowest BCUT2D eigenvalue weighted by atomic mass is 9.98. The van der Waals surface area contributed by atoms with E-state index in [2.05, 4.69) is 19.2 Å². The fourth-order valence-corrected chi connectivity index (χ4v) is 6.14. The molecule has 0 radical (unpaired) electrons. The average Bonchev–Trinajstić information content (AvgIpc) is 3.05. The van der Waals surface area contributed by atoms with Gasteiger partial charge in [0.15, 0.2) is 6.29 Å². The van der Waals surface area contributed by atoms with Crippen LogP contribution in [-0.2, 0) is 14.3 Å². The highest BCUT2D eigenvalue weighted by atomic mass is 16.7. The molecule has 7 N–H and O–H groups in total. The number of hydrogen-bond donors (Lipinski definition) is 7. The molecule has 1 aliphatic rings. The molecule has 1 fully saturated rings. The fourth-order valence-electron chi connectivity index (χ4n) is 6.14. The Bertz CT molecular complexity index is 713. The van der Waals surface area contributed by atoms with E-state index in [0.717, 1.165) is 51.4 Å². The van der Waals surface area contributed by atoms with Crippen molar-refractivity contribution in [3.8, 4) is 0 Å². The van der Waals surface area contributed by atoms with Crippen molar-refractivity contribution in [1.82, 2.24) is 5.32 Å². The van der Waals surface area contributed by atoms with E-state index in [1.807, 2.05) is 0 Å². The van der Waals surface area contributed by atoms with Crippen LogP contribution in [0, 0.1) is 0 Å². The molecule has 1 heterocycles. The van der Waals surface area contributed by atoms with E-state index >= 15 is 0 Å². The molecule has 0 aliphatic carbocycles. The number of nitrogens with one attached hydrogen (secondary N) is 1. The SMILES string of the molecule is CCCCCCCCCCCCCC[C@@H](O)[C@@H](O)[C@H](CO[C@H]1O[C@H](CO)[C@H](O)[C@H](O)[C@H]1O)NC(=O)CCCCCCCCCCC. The number of aliphatic hydroxyl groups excluding tert-OH is 6. The summed E-state index contributed by atoms with van der Waals surface area (Å²) in [5.41, 5.74) is 0. The van der Waals surface area contributed by atoms with E-state index in [1.165, 1.54) is 83.5 Å². The summed E-state index contributed by atoms with van der Waals surface area (Å²) in [6, 6.07) is -0.981. The number of ether oxygens (including phenoxy) is 2. The quantitative estimate of drug-likeness (QED) is 0.0523. The maximum atomic E-state index is 12.8. The van der Waals surface area contributed by atoms with Gasteiger partial charge in [0.1, 0.15) is 30.5 Å². The van der Waals surface area contributed by atoms with E-state index in [4.69, 9.17) is 9.47 Å². The zero-order valence-corrected chi connectivity index (χ0v) is 29.2. The molecule has 0 bridgehead atoms. The van der Waals surface area contributed by atoms with Gasteiger partial charge in [0.25, 0.3) is 0 Å². The zero-order valence-electron chi connectivity index (χ0n) is 29.2. The first kappa shape index (κ1) is 43.2. The number of unbranched alkanes of at least 4 members (excludes halogenated alkanes) is 19. The van der Waals surface area contributed by atoms with Gasteiger partial charge in [-0.15, -0.1) is 0 Å². The number of carbonyl (C=O) groups excluding carboxylic acids is 1. The number of carbonyl (C=O) groups is 1. The second-order valence-electron chi connectivity index (χ2n) is 13.5. The van der Waals surface area contributed by atoms with Crippen molar-refractivity contribution >= 4 is 5.91 Å². The average molecular weight is 662 g/mol. The Morgan fingerprint density at radius 1 is 0.674 bits per heavy atom. The first-order valence-corrected chi connectivity index (χ1v) is 18.8. The van der Waals surface area contributed by atoms with Gasteiger partial charge in [-0.3, -0.25) is 4.79 Å². The molecule has 10 heteroatoms. The third-order valence-electron chi connectivity index (χ3n) is 9.30. The van der Waals surface area contributed by atoms with Crippen molar-refractivity contribution in [2.45, 2.75) is 210 Å². The maximum absolute atomic E-state index is 12.8. The molecule has 46 heavy (non-hydrogen) atoms. The van der Waals surface area contributed by atoms with Crippen LogP contribution in [0.25, 0.3) is 0 Å².